The number of hydrogen-bond acceptors (Lipinski definition) is 5. The molecule has 4 rings (SSSR count). The van der Waals surface area contributed by atoms with Crippen LogP contribution in [0.3, 0.4) is 0 Å². The fraction of sp³-hybridized carbons (Fsp3) is 0.565. The molecular weight excluding hydrogens is 398 g/mol. The lowest BCUT2D eigenvalue weighted by molar-refractivity contribution is -0.140. The Bertz CT molecular complexity index is 862. The van der Waals surface area contributed by atoms with Gasteiger partial charge in [-0.05, 0) is 31.4 Å². The SMILES string of the molecule is CCCNC(=O)[C@@H]1CN(C(=O)CCN2C(=O)[C@H]3CCCC[C@@H]3C2=O)c2ccccc2O1. The van der Waals surface area contributed by atoms with Gasteiger partial charge in [0.05, 0.1) is 24.1 Å². The van der Waals surface area contributed by atoms with Gasteiger partial charge in [-0.1, -0.05) is 31.9 Å². The number of fused-ring (bicyclic) bond motifs is 2. The molecule has 0 aromatic heterocycles. The number of para-hydroxylation sites is 2. The van der Waals surface area contributed by atoms with E-state index in [1.165, 1.54) is 9.80 Å². The van der Waals surface area contributed by atoms with Crippen molar-refractivity contribution in [3.05, 3.63) is 24.3 Å². The summed E-state index contributed by atoms with van der Waals surface area (Å²) < 4.78 is 5.82. The van der Waals surface area contributed by atoms with Gasteiger partial charge >= 0.3 is 0 Å². The van der Waals surface area contributed by atoms with E-state index in [9.17, 15) is 19.2 Å². The van der Waals surface area contributed by atoms with Gasteiger partial charge in [0, 0.05) is 19.5 Å². The number of amides is 4. The average molecular weight is 428 g/mol. The number of anilines is 1. The summed E-state index contributed by atoms with van der Waals surface area (Å²) in [4.78, 5) is 53.8. The molecular formula is C23H29N3O5. The molecule has 1 aromatic rings. The number of likely N-dealkylation sites (tertiary alicyclic amines) is 1. The van der Waals surface area contributed by atoms with Gasteiger partial charge in [-0.3, -0.25) is 24.1 Å². The zero-order valence-corrected chi connectivity index (χ0v) is 17.8. The predicted molar refractivity (Wildman–Crippen MR) is 113 cm³/mol. The van der Waals surface area contributed by atoms with Crippen molar-refractivity contribution in [3.8, 4) is 5.75 Å². The first-order valence-electron chi connectivity index (χ1n) is 11.2. The summed E-state index contributed by atoms with van der Waals surface area (Å²) in [6.07, 6.45) is 3.48. The average Bonchev–Trinajstić information content (AvgIpc) is 3.04. The number of carbonyl (C=O) groups excluding carboxylic acids is 4. The molecule has 1 N–H and O–H groups in total. The molecule has 2 aliphatic heterocycles. The number of ether oxygens (including phenoxy) is 1. The Morgan fingerprint density at radius 2 is 1.77 bits per heavy atom. The fourth-order valence-corrected chi connectivity index (χ4v) is 4.76. The molecule has 0 radical (unpaired) electrons. The molecule has 3 atom stereocenters. The lowest BCUT2D eigenvalue weighted by atomic mass is 9.81. The summed E-state index contributed by atoms with van der Waals surface area (Å²) in [5, 5.41) is 2.81. The molecule has 2 heterocycles. The second kappa shape index (κ2) is 9.08. The van der Waals surface area contributed by atoms with Crippen LogP contribution >= 0.6 is 0 Å². The van der Waals surface area contributed by atoms with Crippen molar-refractivity contribution in [2.45, 2.75) is 51.6 Å². The van der Waals surface area contributed by atoms with Crippen LogP contribution in [0.1, 0.15) is 45.4 Å². The summed E-state index contributed by atoms with van der Waals surface area (Å²) in [5.41, 5.74) is 0.597. The number of carbonyl (C=O) groups is 4. The summed E-state index contributed by atoms with van der Waals surface area (Å²) in [7, 11) is 0. The van der Waals surface area contributed by atoms with Crippen LogP contribution in [-0.2, 0) is 19.2 Å². The van der Waals surface area contributed by atoms with Crippen LogP contribution in [0.2, 0.25) is 0 Å². The summed E-state index contributed by atoms with van der Waals surface area (Å²) in [5.74, 6) is -0.733. The predicted octanol–water partition coefficient (Wildman–Crippen LogP) is 1.87. The minimum absolute atomic E-state index is 0.0224. The van der Waals surface area contributed by atoms with Gasteiger partial charge in [0.1, 0.15) is 5.75 Å². The first-order chi connectivity index (χ1) is 15.0. The van der Waals surface area contributed by atoms with E-state index in [0.29, 0.717) is 18.0 Å². The molecule has 0 spiro atoms. The first kappa shape index (κ1) is 21.3. The molecule has 3 aliphatic rings. The normalized spacial score (nSPS) is 25.0. The third-order valence-electron chi connectivity index (χ3n) is 6.40. The van der Waals surface area contributed by atoms with Crippen LogP contribution in [0, 0.1) is 11.8 Å². The van der Waals surface area contributed by atoms with Crippen LogP contribution in [0.25, 0.3) is 0 Å². The number of nitrogens with zero attached hydrogens (tertiary/aromatic N) is 2. The number of nitrogens with one attached hydrogen (secondary N) is 1. The van der Waals surface area contributed by atoms with Crippen LogP contribution in [0.15, 0.2) is 24.3 Å². The summed E-state index contributed by atoms with van der Waals surface area (Å²) in [6.45, 7) is 2.67. The lowest BCUT2D eigenvalue weighted by Gasteiger charge is -2.34. The molecule has 4 amide bonds. The maximum absolute atomic E-state index is 13.1. The van der Waals surface area contributed by atoms with E-state index in [1.807, 2.05) is 6.92 Å². The number of imide groups is 1. The molecule has 0 bridgehead atoms. The van der Waals surface area contributed by atoms with E-state index in [2.05, 4.69) is 5.32 Å². The summed E-state index contributed by atoms with van der Waals surface area (Å²) in [6, 6.07) is 7.09. The fourth-order valence-electron chi connectivity index (χ4n) is 4.76. The quantitative estimate of drug-likeness (QED) is 0.700. The molecule has 8 nitrogen and oxygen atoms in total. The number of rotatable bonds is 6. The highest BCUT2D eigenvalue weighted by Crippen LogP contribution is 2.38. The van der Waals surface area contributed by atoms with E-state index in [1.54, 1.807) is 24.3 Å². The molecule has 2 fully saturated rings. The van der Waals surface area contributed by atoms with Crippen molar-refractivity contribution in [3.63, 3.8) is 0 Å². The van der Waals surface area contributed by atoms with Crippen LogP contribution in [-0.4, -0.2) is 54.3 Å². The zero-order valence-electron chi connectivity index (χ0n) is 17.8. The molecule has 1 saturated carbocycles. The maximum Gasteiger partial charge on any atom is 0.262 e. The van der Waals surface area contributed by atoms with Crippen molar-refractivity contribution in [2.75, 3.05) is 24.5 Å². The Kier molecular flexibility index (Phi) is 6.25. The largest absolute Gasteiger partial charge is 0.477 e. The first-order valence-corrected chi connectivity index (χ1v) is 11.2. The molecule has 8 heteroatoms. The highest BCUT2D eigenvalue weighted by molar-refractivity contribution is 6.06. The molecule has 1 saturated heterocycles. The maximum atomic E-state index is 13.1. The Labute approximate surface area is 181 Å². The van der Waals surface area contributed by atoms with Crippen molar-refractivity contribution in [1.82, 2.24) is 10.2 Å². The molecule has 0 unspecified atom stereocenters. The second-order valence-corrected chi connectivity index (χ2v) is 8.45. The Morgan fingerprint density at radius 1 is 1.10 bits per heavy atom. The van der Waals surface area contributed by atoms with E-state index < -0.39 is 6.10 Å². The molecule has 1 aliphatic carbocycles. The standard InChI is InChI=1S/C23H29N3O5/c1-2-12-24-21(28)19-14-26(17-9-5-6-10-18(17)31-19)20(27)11-13-25-22(29)15-7-3-4-8-16(15)23(25)30/h5-6,9-10,15-16,19H,2-4,7-8,11-14H2,1H3,(H,24,28)/t15-,16-,19-/m0/s1. The van der Waals surface area contributed by atoms with Gasteiger partial charge in [-0.2, -0.15) is 0 Å². The highest BCUT2D eigenvalue weighted by atomic mass is 16.5. The molecule has 31 heavy (non-hydrogen) atoms. The van der Waals surface area contributed by atoms with Gasteiger partial charge in [0.15, 0.2) is 6.10 Å². The third-order valence-corrected chi connectivity index (χ3v) is 6.40. The van der Waals surface area contributed by atoms with Crippen molar-refractivity contribution in [1.29, 1.82) is 0 Å². The molecule has 166 valence electrons. The Balaban J connectivity index is 1.45. The van der Waals surface area contributed by atoms with Crippen molar-refractivity contribution in [2.24, 2.45) is 11.8 Å². The molecule has 1 aromatic carbocycles. The van der Waals surface area contributed by atoms with Crippen LogP contribution in [0.4, 0.5) is 5.69 Å². The van der Waals surface area contributed by atoms with Gasteiger partial charge < -0.3 is 15.0 Å². The van der Waals surface area contributed by atoms with E-state index in [-0.39, 0.29) is 55.0 Å². The van der Waals surface area contributed by atoms with E-state index in [4.69, 9.17) is 4.74 Å². The van der Waals surface area contributed by atoms with Gasteiger partial charge in [-0.25, -0.2) is 0 Å². The Morgan fingerprint density at radius 3 is 2.45 bits per heavy atom. The van der Waals surface area contributed by atoms with E-state index in [0.717, 1.165) is 32.1 Å². The van der Waals surface area contributed by atoms with Crippen LogP contribution in [0.5, 0.6) is 5.75 Å². The topological polar surface area (TPSA) is 96.0 Å². The number of hydrogen-bond donors (Lipinski definition) is 1. The van der Waals surface area contributed by atoms with Gasteiger partial charge in [-0.15, -0.1) is 0 Å². The third kappa shape index (κ3) is 4.16. The van der Waals surface area contributed by atoms with Gasteiger partial charge in [0.2, 0.25) is 17.7 Å². The van der Waals surface area contributed by atoms with Gasteiger partial charge in [0.25, 0.3) is 5.91 Å². The van der Waals surface area contributed by atoms with Crippen molar-refractivity contribution >= 4 is 29.3 Å². The minimum atomic E-state index is -0.802. The highest BCUT2D eigenvalue weighted by Gasteiger charge is 2.48. The van der Waals surface area contributed by atoms with E-state index >= 15 is 0 Å². The number of benzene rings is 1. The minimum Gasteiger partial charge on any atom is -0.477 e. The lowest BCUT2D eigenvalue weighted by Crippen LogP contribution is -2.51. The van der Waals surface area contributed by atoms with Crippen molar-refractivity contribution < 1.29 is 23.9 Å². The van der Waals surface area contributed by atoms with Crippen LogP contribution < -0.4 is 15.0 Å². The smallest absolute Gasteiger partial charge is 0.262 e. The monoisotopic (exact) mass is 427 g/mol. The zero-order chi connectivity index (χ0) is 22.0. The summed E-state index contributed by atoms with van der Waals surface area (Å²) >= 11 is 0. The Hall–Kier alpha value is -2.90. The second-order valence-electron chi connectivity index (χ2n) is 8.45.